The van der Waals surface area contributed by atoms with Gasteiger partial charge in [0.15, 0.2) is 0 Å². The maximum atomic E-state index is 13.2. The van der Waals surface area contributed by atoms with Crippen LogP contribution in [0.3, 0.4) is 0 Å². The number of nitrogens with zero attached hydrogens (tertiary/aromatic N) is 1. The van der Waals surface area contributed by atoms with E-state index < -0.39 is 23.7 Å². The van der Waals surface area contributed by atoms with Gasteiger partial charge in [0.25, 0.3) is 0 Å². The quantitative estimate of drug-likeness (QED) is 0.834. The van der Waals surface area contributed by atoms with Gasteiger partial charge in [-0.15, -0.1) is 0 Å². The van der Waals surface area contributed by atoms with E-state index in [9.17, 15) is 19.1 Å². The maximum Gasteiger partial charge on any atom is 0.313 e. The van der Waals surface area contributed by atoms with E-state index >= 15 is 0 Å². The smallest absolute Gasteiger partial charge is 0.313 e. The highest BCUT2D eigenvalue weighted by Crippen LogP contribution is 2.26. The van der Waals surface area contributed by atoms with Gasteiger partial charge in [-0.05, 0) is 31.0 Å². The molecule has 1 fully saturated rings. The Morgan fingerprint density at radius 3 is 2.73 bits per heavy atom. The number of carbonyl (C=O) groups excluding carboxylic acids is 2. The molecular formula is C15H18ClFN2O3. The molecule has 2 N–H and O–H groups in total. The number of carbonyl (C=O) groups is 2. The van der Waals surface area contributed by atoms with Crippen molar-refractivity contribution in [1.29, 1.82) is 0 Å². The lowest BCUT2D eigenvalue weighted by atomic mass is 10.1. The summed E-state index contributed by atoms with van der Waals surface area (Å²) in [5.74, 6) is -2.21. The van der Waals surface area contributed by atoms with Gasteiger partial charge < -0.3 is 15.3 Å². The van der Waals surface area contributed by atoms with Gasteiger partial charge >= 0.3 is 11.8 Å². The molecule has 1 aromatic rings. The third kappa shape index (κ3) is 4.18. The van der Waals surface area contributed by atoms with E-state index in [-0.39, 0.29) is 16.6 Å². The zero-order valence-electron chi connectivity index (χ0n) is 12.2. The summed E-state index contributed by atoms with van der Waals surface area (Å²) in [5, 5.41) is 12.2. The molecule has 1 aliphatic rings. The number of halogens is 2. The van der Waals surface area contributed by atoms with Crippen molar-refractivity contribution in [2.45, 2.75) is 25.4 Å². The van der Waals surface area contributed by atoms with Crippen LogP contribution >= 0.6 is 11.6 Å². The van der Waals surface area contributed by atoms with Gasteiger partial charge in [-0.2, -0.15) is 0 Å². The Morgan fingerprint density at radius 2 is 2.14 bits per heavy atom. The molecule has 7 heteroatoms. The van der Waals surface area contributed by atoms with Crippen molar-refractivity contribution in [1.82, 2.24) is 4.90 Å². The number of aliphatic hydroxyl groups is 1. The highest BCUT2D eigenvalue weighted by molar-refractivity contribution is 6.39. The van der Waals surface area contributed by atoms with Crippen LogP contribution in [0.1, 0.15) is 19.3 Å². The van der Waals surface area contributed by atoms with Crippen LogP contribution in [0.25, 0.3) is 0 Å². The van der Waals surface area contributed by atoms with Gasteiger partial charge in [-0.1, -0.05) is 18.0 Å². The monoisotopic (exact) mass is 328 g/mol. The first-order valence-corrected chi connectivity index (χ1v) is 7.45. The standard InChI is InChI=1S/C15H18ClFN2O3/c1-19(8-9-3-2-4-13(9)20)15(22)14(21)18-12-6-10(16)5-11(17)7-12/h5-7,9,13,20H,2-4,8H2,1H3,(H,18,21). The molecule has 22 heavy (non-hydrogen) atoms. The van der Waals surface area contributed by atoms with Crippen LogP contribution < -0.4 is 5.32 Å². The Bertz CT molecular complexity index is 562. The molecule has 120 valence electrons. The van der Waals surface area contributed by atoms with Gasteiger partial charge in [0, 0.05) is 30.2 Å². The molecule has 0 saturated heterocycles. The van der Waals surface area contributed by atoms with Crippen molar-refractivity contribution in [3.05, 3.63) is 29.0 Å². The van der Waals surface area contributed by atoms with Crippen LogP contribution in [-0.2, 0) is 9.59 Å². The summed E-state index contributed by atoms with van der Waals surface area (Å²) in [6.45, 7) is 0.317. The minimum atomic E-state index is -0.864. The maximum absolute atomic E-state index is 13.2. The zero-order chi connectivity index (χ0) is 16.3. The number of aliphatic hydroxyl groups excluding tert-OH is 1. The highest BCUT2D eigenvalue weighted by Gasteiger charge is 2.29. The highest BCUT2D eigenvalue weighted by atomic mass is 35.5. The number of anilines is 1. The Balaban J connectivity index is 1.94. The lowest BCUT2D eigenvalue weighted by Gasteiger charge is -2.22. The molecule has 0 aliphatic heterocycles. The van der Waals surface area contributed by atoms with Crippen LogP contribution in [0, 0.1) is 11.7 Å². The van der Waals surface area contributed by atoms with E-state index in [4.69, 9.17) is 11.6 Å². The van der Waals surface area contributed by atoms with E-state index in [1.807, 2.05) is 0 Å². The Morgan fingerprint density at radius 1 is 1.41 bits per heavy atom. The average Bonchev–Trinajstić information content (AvgIpc) is 2.82. The van der Waals surface area contributed by atoms with Crippen molar-refractivity contribution < 1.29 is 19.1 Å². The zero-order valence-corrected chi connectivity index (χ0v) is 12.9. The van der Waals surface area contributed by atoms with Crippen molar-refractivity contribution >= 4 is 29.1 Å². The summed E-state index contributed by atoms with van der Waals surface area (Å²) in [7, 11) is 1.51. The first kappa shape index (κ1) is 16.7. The molecule has 0 radical (unpaired) electrons. The molecule has 2 unspecified atom stereocenters. The van der Waals surface area contributed by atoms with Crippen molar-refractivity contribution in [3.63, 3.8) is 0 Å². The molecule has 2 rings (SSSR count). The van der Waals surface area contributed by atoms with Gasteiger partial charge in [0.05, 0.1) is 6.10 Å². The third-order valence-corrected chi connectivity index (χ3v) is 4.01. The Labute approximate surface area is 133 Å². The average molecular weight is 329 g/mol. The lowest BCUT2D eigenvalue weighted by molar-refractivity contribution is -0.142. The van der Waals surface area contributed by atoms with E-state index in [0.717, 1.165) is 31.4 Å². The van der Waals surface area contributed by atoms with E-state index in [1.54, 1.807) is 0 Å². The molecule has 0 aromatic heterocycles. The molecule has 2 atom stereocenters. The predicted molar refractivity (Wildman–Crippen MR) is 81.0 cm³/mol. The summed E-state index contributed by atoms with van der Waals surface area (Å²) in [6, 6.07) is 3.54. The fraction of sp³-hybridized carbons (Fsp3) is 0.467. The molecule has 2 amide bonds. The largest absolute Gasteiger partial charge is 0.393 e. The van der Waals surface area contributed by atoms with Crippen molar-refractivity contribution in [3.8, 4) is 0 Å². The van der Waals surface area contributed by atoms with E-state index in [0.29, 0.717) is 6.54 Å². The van der Waals surface area contributed by atoms with E-state index in [2.05, 4.69) is 5.32 Å². The van der Waals surface area contributed by atoms with E-state index in [1.165, 1.54) is 18.0 Å². The number of rotatable bonds is 3. The van der Waals surface area contributed by atoms with Crippen LogP contribution in [0.15, 0.2) is 18.2 Å². The SMILES string of the molecule is CN(CC1CCCC1O)C(=O)C(=O)Nc1cc(F)cc(Cl)c1. The van der Waals surface area contributed by atoms with Crippen LogP contribution in [0.4, 0.5) is 10.1 Å². The molecule has 1 aromatic carbocycles. The molecule has 5 nitrogen and oxygen atoms in total. The Kier molecular flexibility index (Phi) is 5.37. The predicted octanol–water partition coefficient (Wildman–Crippen LogP) is 2.04. The third-order valence-electron chi connectivity index (χ3n) is 3.79. The van der Waals surface area contributed by atoms with Gasteiger partial charge in [0.1, 0.15) is 5.82 Å². The second kappa shape index (κ2) is 7.07. The number of nitrogens with one attached hydrogen (secondary N) is 1. The minimum absolute atomic E-state index is 0.00892. The first-order chi connectivity index (χ1) is 10.4. The van der Waals surface area contributed by atoms with Crippen molar-refractivity contribution in [2.24, 2.45) is 5.92 Å². The number of likely N-dealkylation sites (N-methyl/N-ethyl adjacent to an activating group) is 1. The van der Waals surface area contributed by atoms with Crippen LogP contribution in [-0.4, -0.2) is 41.5 Å². The fourth-order valence-corrected chi connectivity index (χ4v) is 2.87. The second-order valence-electron chi connectivity index (χ2n) is 5.56. The molecular weight excluding hydrogens is 311 g/mol. The number of benzene rings is 1. The number of hydrogen-bond donors (Lipinski definition) is 2. The summed E-state index contributed by atoms with van der Waals surface area (Å²) < 4.78 is 13.2. The van der Waals surface area contributed by atoms with Crippen molar-refractivity contribution in [2.75, 3.05) is 18.9 Å². The normalized spacial score (nSPS) is 20.7. The summed E-state index contributed by atoms with van der Waals surface area (Å²) >= 11 is 5.69. The van der Waals surface area contributed by atoms with Crippen LogP contribution in [0.5, 0.6) is 0 Å². The second-order valence-corrected chi connectivity index (χ2v) is 5.99. The van der Waals surface area contributed by atoms with Gasteiger partial charge in [0.2, 0.25) is 0 Å². The minimum Gasteiger partial charge on any atom is -0.393 e. The first-order valence-electron chi connectivity index (χ1n) is 7.07. The number of amides is 2. The summed E-state index contributed by atoms with van der Waals surface area (Å²) in [6.07, 6.45) is 2.04. The fourth-order valence-electron chi connectivity index (χ4n) is 2.65. The Hall–Kier alpha value is -1.66. The molecule has 1 aliphatic carbocycles. The summed E-state index contributed by atoms with van der Waals surface area (Å²) in [5.41, 5.74) is 0.123. The number of hydrogen-bond acceptors (Lipinski definition) is 3. The molecule has 0 bridgehead atoms. The van der Waals surface area contributed by atoms with Gasteiger partial charge in [-0.25, -0.2) is 4.39 Å². The molecule has 1 saturated carbocycles. The topological polar surface area (TPSA) is 69.6 Å². The summed E-state index contributed by atoms with van der Waals surface area (Å²) in [4.78, 5) is 25.2. The van der Waals surface area contributed by atoms with Gasteiger partial charge in [-0.3, -0.25) is 9.59 Å². The lowest BCUT2D eigenvalue weighted by Crippen LogP contribution is -2.41. The molecule has 0 spiro atoms. The molecule has 0 heterocycles. The van der Waals surface area contributed by atoms with Crippen LogP contribution in [0.2, 0.25) is 5.02 Å².